The van der Waals surface area contributed by atoms with Crippen LogP contribution >= 0.6 is 0 Å². The number of carbonyl (C=O) groups excluding carboxylic acids is 2. The summed E-state index contributed by atoms with van der Waals surface area (Å²) in [5.41, 5.74) is 4.17. The smallest absolute Gasteiger partial charge is 0.410 e. The summed E-state index contributed by atoms with van der Waals surface area (Å²) in [5.74, 6) is 1.81. The van der Waals surface area contributed by atoms with Crippen LogP contribution in [0.3, 0.4) is 0 Å². The Bertz CT molecular complexity index is 909. The second-order valence-corrected chi connectivity index (χ2v) is 9.84. The molecule has 0 bridgehead atoms. The molecule has 0 spiro atoms. The van der Waals surface area contributed by atoms with E-state index in [0.717, 1.165) is 54.6 Å². The third kappa shape index (κ3) is 10.3. The molecule has 0 unspecified atom stereocenters. The summed E-state index contributed by atoms with van der Waals surface area (Å²) < 4.78 is 11.1. The Hall–Kier alpha value is -3.06. The number of amides is 2. The molecule has 7 nitrogen and oxygen atoms in total. The lowest BCUT2D eigenvalue weighted by Crippen LogP contribution is -2.30. The molecule has 0 heterocycles. The number of carbonyl (C=O) groups is 2. The van der Waals surface area contributed by atoms with Gasteiger partial charge in [0.05, 0.1) is 0 Å². The van der Waals surface area contributed by atoms with E-state index in [1.165, 1.54) is 0 Å². The highest BCUT2D eigenvalue weighted by Crippen LogP contribution is 2.28. The largest absolute Gasteiger partial charge is 0.412 e. The van der Waals surface area contributed by atoms with Crippen molar-refractivity contribution < 1.29 is 19.1 Å². The van der Waals surface area contributed by atoms with Crippen molar-refractivity contribution in [2.45, 2.75) is 72.6 Å². The molecule has 36 heavy (non-hydrogen) atoms. The summed E-state index contributed by atoms with van der Waals surface area (Å²) in [6.45, 7) is 15.0. The number of ether oxygens (including phenoxy) is 2. The summed E-state index contributed by atoms with van der Waals surface area (Å²) in [6, 6.07) is 11.9. The molecule has 0 aliphatic rings. The highest BCUT2D eigenvalue weighted by Gasteiger charge is 2.13. The molecule has 0 radical (unpaired) electrons. The van der Waals surface area contributed by atoms with Gasteiger partial charge in [0.15, 0.2) is 0 Å². The van der Waals surface area contributed by atoms with Crippen LogP contribution in [0.15, 0.2) is 36.4 Å². The Kier molecular flexibility index (Phi) is 12.3. The summed E-state index contributed by atoms with van der Waals surface area (Å²) in [4.78, 5) is 24.3. The number of hydrogen-bond donors (Lipinski definition) is 3. The molecule has 2 aromatic rings. The lowest BCUT2D eigenvalue weighted by molar-refractivity contribution is 0.198. The first-order valence-corrected chi connectivity index (χ1v) is 13.0. The van der Waals surface area contributed by atoms with Crippen LogP contribution < -0.4 is 25.4 Å². The molecule has 3 N–H and O–H groups in total. The van der Waals surface area contributed by atoms with Gasteiger partial charge >= 0.3 is 12.2 Å². The van der Waals surface area contributed by atoms with E-state index in [-0.39, 0.29) is 11.8 Å². The van der Waals surface area contributed by atoms with Crippen LogP contribution in [0, 0.1) is 13.8 Å². The van der Waals surface area contributed by atoms with Gasteiger partial charge in [-0.15, -0.1) is 0 Å². The fraction of sp³-hybridized carbons (Fsp3) is 0.517. The fourth-order valence-electron chi connectivity index (χ4n) is 3.78. The number of unbranched alkanes of at least 4 members (excludes halogenated alkanes) is 1. The highest BCUT2D eigenvalue weighted by atomic mass is 16.6. The first-order chi connectivity index (χ1) is 17.2. The molecule has 0 fully saturated rings. The van der Waals surface area contributed by atoms with Gasteiger partial charge < -0.3 is 25.4 Å². The molecule has 198 valence electrons. The summed E-state index contributed by atoms with van der Waals surface area (Å²) in [5, 5.41) is 8.99. The molecule has 0 saturated carbocycles. The SMILES string of the molecule is Cc1ccc(C(C)C)c(OC(=O)NCCCCNCCCNC(=O)Oc2cc(C)ccc2C(C)C)c1. The lowest BCUT2D eigenvalue weighted by Gasteiger charge is -2.14. The Morgan fingerprint density at radius 1 is 0.667 bits per heavy atom. The molecular formula is C29H43N3O4. The number of aryl methyl sites for hydroxylation is 2. The van der Waals surface area contributed by atoms with Crippen LogP contribution in [-0.4, -0.2) is 38.4 Å². The van der Waals surface area contributed by atoms with Crippen LogP contribution in [0.1, 0.15) is 81.0 Å². The van der Waals surface area contributed by atoms with E-state index in [9.17, 15) is 9.59 Å². The average Bonchev–Trinajstić information content (AvgIpc) is 2.80. The van der Waals surface area contributed by atoms with E-state index in [1.807, 2.05) is 50.2 Å². The number of rotatable bonds is 13. The van der Waals surface area contributed by atoms with Gasteiger partial charge in [-0.3, -0.25) is 0 Å². The quantitative estimate of drug-likeness (QED) is 0.287. The maximum Gasteiger partial charge on any atom is 0.412 e. The van der Waals surface area contributed by atoms with Gasteiger partial charge in [-0.05, 0) is 92.4 Å². The van der Waals surface area contributed by atoms with Crippen molar-refractivity contribution in [2.24, 2.45) is 0 Å². The van der Waals surface area contributed by atoms with Crippen molar-refractivity contribution in [3.05, 3.63) is 58.7 Å². The van der Waals surface area contributed by atoms with Crippen LogP contribution in [-0.2, 0) is 0 Å². The monoisotopic (exact) mass is 497 g/mol. The zero-order chi connectivity index (χ0) is 26.5. The van der Waals surface area contributed by atoms with E-state index < -0.39 is 12.2 Å². The fourth-order valence-corrected chi connectivity index (χ4v) is 3.78. The first-order valence-electron chi connectivity index (χ1n) is 13.0. The molecule has 0 aromatic heterocycles. The Labute approximate surface area is 216 Å². The second-order valence-electron chi connectivity index (χ2n) is 9.84. The first kappa shape index (κ1) is 29.2. The van der Waals surface area contributed by atoms with E-state index in [1.54, 1.807) is 0 Å². The van der Waals surface area contributed by atoms with Gasteiger partial charge in [-0.25, -0.2) is 9.59 Å². The molecule has 0 aliphatic heterocycles. The van der Waals surface area contributed by atoms with E-state index in [2.05, 4.69) is 43.6 Å². The normalized spacial score (nSPS) is 11.0. The van der Waals surface area contributed by atoms with Crippen molar-refractivity contribution in [1.82, 2.24) is 16.0 Å². The molecule has 7 heteroatoms. The third-order valence-electron chi connectivity index (χ3n) is 5.84. The molecule has 2 rings (SSSR count). The van der Waals surface area contributed by atoms with Crippen molar-refractivity contribution in [3.8, 4) is 11.5 Å². The topological polar surface area (TPSA) is 88.7 Å². The Morgan fingerprint density at radius 2 is 1.08 bits per heavy atom. The minimum absolute atomic E-state index is 0.282. The number of hydrogen-bond acceptors (Lipinski definition) is 5. The maximum atomic E-state index is 12.2. The second kappa shape index (κ2) is 15.1. The van der Waals surface area contributed by atoms with E-state index in [0.29, 0.717) is 24.6 Å². The lowest BCUT2D eigenvalue weighted by atomic mass is 10.0. The standard InChI is InChI=1S/C29H43N3O4/c1-20(2)24-12-10-22(5)18-26(24)35-28(33)31-16-8-7-14-30-15-9-17-32-29(34)36-27-19-23(6)11-13-25(27)21(3)4/h10-13,18-21,30H,7-9,14-17H2,1-6H3,(H,31,33)(H,32,34). The van der Waals surface area contributed by atoms with Crippen LogP contribution in [0.5, 0.6) is 11.5 Å². The number of benzene rings is 2. The van der Waals surface area contributed by atoms with Crippen molar-refractivity contribution >= 4 is 12.2 Å². The molecule has 0 aliphatic carbocycles. The molecule has 2 aromatic carbocycles. The minimum atomic E-state index is -0.424. The predicted octanol–water partition coefficient (Wildman–Crippen LogP) is 6.19. The Morgan fingerprint density at radius 3 is 1.56 bits per heavy atom. The highest BCUT2D eigenvalue weighted by molar-refractivity contribution is 5.71. The maximum absolute atomic E-state index is 12.2. The van der Waals surface area contributed by atoms with Gasteiger partial charge in [0.2, 0.25) is 0 Å². The van der Waals surface area contributed by atoms with Gasteiger partial charge in [0.25, 0.3) is 0 Å². The van der Waals surface area contributed by atoms with Gasteiger partial charge in [0, 0.05) is 13.1 Å². The summed E-state index contributed by atoms with van der Waals surface area (Å²) in [7, 11) is 0. The van der Waals surface area contributed by atoms with Gasteiger partial charge in [0.1, 0.15) is 11.5 Å². The van der Waals surface area contributed by atoms with Crippen molar-refractivity contribution in [1.29, 1.82) is 0 Å². The summed E-state index contributed by atoms with van der Waals surface area (Å²) >= 11 is 0. The van der Waals surface area contributed by atoms with E-state index >= 15 is 0 Å². The average molecular weight is 498 g/mol. The molecule has 2 amide bonds. The van der Waals surface area contributed by atoms with Gasteiger partial charge in [-0.1, -0.05) is 52.0 Å². The summed E-state index contributed by atoms with van der Waals surface area (Å²) in [6.07, 6.45) is 1.75. The number of nitrogens with one attached hydrogen (secondary N) is 3. The zero-order valence-electron chi connectivity index (χ0n) is 22.7. The zero-order valence-corrected chi connectivity index (χ0v) is 22.7. The van der Waals surface area contributed by atoms with Gasteiger partial charge in [-0.2, -0.15) is 0 Å². The van der Waals surface area contributed by atoms with Crippen LogP contribution in [0.25, 0.3) is 0 Å². The minimum Gasteiger partial charge on any atom is -0.410 e. The van der Waals surface area contributed by atoms with E-state index in [4.69, 9.17) is 9.47 Å². The van der Waals surface area contributed by atoms with Crippen molar-refractivity contribution in [3.63, 3.8) is 0 Å². The molecule has 0 saturated heterocycles. The molecular weight excluding hydrogens is 454 g/mol. The van der Waals surface area contributed by atoms with Crippen LogP contribution in [0.4, 0.5) is 9.59 Å². The van der Waals surface area contributed by atoms with Crippen molar-refractivity contribution in [2.75, 3.05) is 26.2 Å². The molecule has 0 atom stereocenters. The van der Waals surface area contributed by atoms with Crippen LogP contribution in [0.2, 0.25) is 0 Å². The predicted molar refractivity (Wildman–Crippen MR) is 145 cm³/mol. The Balaban J connectivity index is 1.53. The third-order valence-corrected chi connectivity index (χ3v) is 5.84.